The molecule has 0 spiro atoms. The van der Waals surface area contributed by atoms with Gasteiger partial charge in [0, 0.05) is 31.8 Å². The highest BCUT2D eigenvalue weighted by molar-refractivity contribution is 7.89. The van der Waals surface area contributed by atoms with E-state index in [1.165, 1.54) is 30.9 Å². The van der Waals surface area contributed by atoms with Gasteiger partial charge in [0.15, 0.2) is 11.5 Å². The number of anilines is 1. The molecule has 3 rings (SSSR count). The third-order valence-corrected chi connectivity index (χ3v) is 5.57. The average Bonchev–Trinajstić information content (AvgIpc) is 3.08. The molecule has 7 nitrogen and oxygen atoms in total. The molecule has 0 bridgehead atoms. The number of carbonyl (C=O) groups excluding carboxylic acids is 1. The minimum atomic E-state index is -3.81. The molecule has 2 aromatic rings. The smallest absolute Gasteiger partial charge is 0.240 e. The Labute approximate surface area is 156 Å². The maximum absolute atomic E-state index is 13.3. The number of rotatable bonds is 6. The number of sulfonamides is 1. The van der Waals surface area contributed by atoms with Gasteiger partial charge in [-0.3, -0.25) is 4.79 Å². The molecule has 1 amide bonds. The Balaban J connectivity index is 1.69. The number of carbonyl (C=O) groups is 1. The molecule has 0 aromatic heterocycles. The molecule has 0 fully saturated rings. The van der Waals surface area contributed by atoms with Crippen LogP contribution >= 0.6 is 0 Å². The lowest BCUT2D eigenvalue weighted by molar-refractivity contribution is -0.116. The van der Waals surface area contributed by atoms with Crippen molar-refractivity contribution in [2.24, 2.45) is 0 Å². The molecule has 0 radical (unpaired) electrons. The van der Waals surface area contributed by atoms with Crippen LogP contribution in [0.1, 0.15) is 12.5 Å². The van der Waals surface area contributed by atoms with E-state index in [4.69, 9.17) is 9.47 Å². The SMILES string of the molecule is CC(=O)N(CCNS(=O)(=O)c1ccc(F)c(C)c1)c1ccc2c(c1)OCO2. The minimum Gasteiger partial charge on any atom is -0.454 e. The summed E-state index contributed by atoms with van der Waals surface area (Å²) in [5, 5.41) is 0. The molecule has 0 atom stereocenters. The van der Waals surface area contributed by atoms with Crippen LogP contribution in [-0.4, -0.2) is 34.2 Å². The van der Waals surface area contributed by atoms with Crippen LogP contribution < -0.4 is 19.1 Å². The summed E-state index contributed by atoms with van der Waals surface area (Å²) in [6.45, 7) is 3.12. The van der Waals surface area contributed by atoms with Crippen molar-refractivity contribution in [1.82, 2.24) is 4.72 Å². The fraction of sp³-hybridized carbons (Fsp3) is 0.278. The summed E-state index contributed by atoms with van der Waals surface area (Å²) in [6.07, 6.45) is 0. The van der Waals surface area contributed by atoms with Crippen LogP contribution in [0, 0.1) is 12.7 Å². The second-order valence-electron chi connectivity index (χ2n) is 6.02. The van der Waals surface area contributed by atoms with Crippen molar-refractivity contribution in [2.45, 2.75) is 18.7 Å². The van der Waals surface area contributed by atoms with Gasteiger partial charge in [0.1, 0.15) is 5.82 Å². The predicted octanol–water partition coefficient (Wildman–Crippen LogP) is 2.19. The first kappa shape index (κ1) is 19.1. The molecule has 27 heavy (non-hydrogen) atoms. The van der Waals surface area contributed by atoms with Gasteiger partial charge < -0.3 is 14.4 Å². The van der Waals surface area contributed by atoms with Crippen LogP contribution in [-0.2, 0) is 14.8 Å². The van der Waals surface area contributed by atoms with Crippen molar-refractivity contribution < 1.29 is 27.1 Å². The molecule has 1 aliphatic rings. The molecule has 0 saturated carbocycles. The third kappa shape index (κ3) is 4.20. The average molecular weight is 394 g/mol. The lowest BCUT2D eigenvalue weighted by Crippen LogP contribution is -2.37. The Hall–Kier alpha value is -2.65. The van der Waals surface area contributed by atoms with Crippen LogP contribution in [0.2, 0.25) is 0 Å². The van der Waals surface area contributed by atoms with Crippen molar-refractivity contribution in [3.8, 4) is 11.5 Å². The number of halogens is 1. The Morgan fingerprint density at radius 2 is 1.93 bits per heavy atom. The molecule has 9 heteroatoms. The highest BCUT2D eigenvalue weighted by Gasteiger charge is 2.20. The van der Waals surface area contributed by atoms with Gasteiger partial charge in [-0.15, -0.1) is 0 Å². The lowest BCUT2D eigenvalue weighted by Gasteiger charge is -2.21. The Morgan fingerprint density at radius 3 is 2.63 bits per heavy atom. The zero-order chi connectivity index (χ0) is 19.6. The van der Waals surface area contributed by atoms with Crippen molar-refractivity contribution in [3.63, 3.8) is 0 Å². The molecule has 0 aliphatic carbocycles. The quantitative estimate of drug-likeness (QED) is 0.812. The second kappa shape index (κ2) is 7.53. The number of nitrogens with one attached hydrogen (secondary N) is 1. The molecule has 0 saturated heterocycles. The molecule has 144 valence electrons. The number of aryl methyl sites for hydroxylation is 1. The highest BCUT2D eigenvalue weighted by atomic mass is 32.2. The van der Waals surface area contributed by atoms with Gasteiger partial charge >= 0.3 is 0 Å². The Bertz CT molecular complexity index is 978. The van der Waals surface area contributed by atoms with Crippen molar-refractivity contribution in [1.29, 1.82) is 0 Å². The van der Waals surface area contributed by atoms with Crippen LogP contribution in [0.3, 0.4) is 0 Å². The maximum Gasteiger partial charge on any atom is 0.240 e. The van der Waals surface area contributed by atoms with Gasteiger partial charge in [0.05, 0.1) is 4.90 Å². The summed E-state index contributed by atoms with van der Waals surface area (Å²) in [4.78, 5) is 13.4. The molecule has 1 heterocycles. The Kier molecular flexibility index (Phi) is 5.33. The summed E-state index contributed by atoms with van der Waals surface area (Å²) in [5.74, 6) is 0.404. The second-order valence-corrected chi connectivity index (χ2v) is 7.78. The van der Waals surface area contributed by atoms with Crippen molar-refractivity contribution in [2.75, 3.05) is 24.8 Å². The molecule has 1 aliphatic heterocycles. The number of ether oxygens (including phenoxy) is 2. The van der Waals surface area contributed by atoms with Crippen LogP contribution in [0.4, 0.5) is 10.1 Å². The predicted molar refractivity (Wildman–Crippen MR) is 96.9 cm³/mol. The number of amides is 1. The maximum atomic E-state index is 13.3. The summed E-state index contributed by atoms with van der Waals surface area (Å²) >= 11 is 0. The van der Waals surface area contributed by atoms with Crippen LogP contribution in [0.15, 0.2) is 41.3 Å². The van der Waals surface area contributed by atoms with Gasteiger partial charge in [-0.2, -0.15) is 0 Å². The standard InChI is InChI=1S/C18H19FN2O5S/c1-12-9-15(4-5-16(12)19)27(23,24)20-7-8-21(13(2)22)14-3-6-17-18(10-14)26-11-25-17/h3-6,9-10,20H,7-8,11H2,1-2H3. The number of hydrogen-bond donors (Lipinski definition) is 1. The number of fused-ring (bicyclic) bond motifs is 1. The topological polar surface area (TPSA) is 84.9 Å². The molecular formula is C18H19FN2O5S. The van der Waals surface area contributed by atoms with E-state index < -0.39 is 15.8 Å². The van der Waals surface area contributed by atoms with E-state index in [2.05, 4.69) is 4.72 Å². The minimum absolute atomic E-state index is 0.00716. The lowest BCUT2D eigenvalue weighted by atomic mass is 10.2. The number of benzene rings is 2. The molecular weight excluding hydrogens is 375 g/mol. The number of hydrogen-bond acceptors (Lipinski definition) is 5. The monoisotopic (exact) mass is 394 g/mol. The fourth-order valence-electron chi connectivity index (χ4n) is 2.68. The zero-order valence-electron chi connectivity index (χ0n) is 14.9. The van der Waals surface area contributed by atoms with Gasteiger partial charge in [-0.05, 0) is 42.8 Å². The van der Waals surface area contributed by atoms with E-state index in [9.17, 15) is 17.6 Å². The van der Waals surface area contributed by atoms with E-state index in [0.717, 1.165) is 6.07 Å². The third-order valence-electron chi connectivity index (χ3n) is 4.12. The van der Waals surface area contributed by atoms with Crippen LogP contribution in [0.25, 0.3) is 0 Å². The first-order valence-electron chi connectivity index (χ1n) is 8.21. The van der Waals surface area contributed by atoms with Gasteiger partial charge in [0.2, 0.25) is 22.7 Å². The van der Waals surface area contributed by atoms with Crippen LogP contribution in [0.5, 0.6) is 11.5 Å². The van der Waals surface area contributed by atoms with E-state index in [-0.39, 0.29) is 36.2 Å². The zero-order valence-corrected chi connectivity index (χ0v) is 15.7. The Morgan fingerprint density at radius 1 is 1.19 bits per heavy atom. The van der Waals surface area contributed by atoms with Gasteiger partial charge in [-0.25, -0.2) is 17.5 Å². The van der Waals surface area contributed by atoms with Gasteiger partial charge in [0.25, 0.3) is 0 Å². The summed E-state index contributed by atoms with van der Waals surface area (Å²) < 4.78 is 51.0. The fourth-order valence-corrected chi connectivity index (χ4v) is 3.79. The van der Waals surface area contributed by atoms with Gasteiger partial charge in [-0.1, -0.05) is 0 Å². The largest absolute Gasteiger partial charge is 0.454 e. The van der Waals surface area contributed by atoms with E-state index in [1.54, 1.807) is 18.2 Å². The van der Waals surface area contributed by atoms with E-state index in [1.807, 2.05) is 0 Å². The van der Waals surface area contributed by atoms with E-state index >= 15 is 0 Å². The molecule has 1 N–H and O–H groups in total. The first-order chi connectivity index (χ1) is 12.8. The normalized spacial score (nSPS) is 12.9. The summed E-state index contributed by atoms with van der Waals surface area (Å²) in [6, 6.07) is 8.63. The van der Waals surface area contributed by atoms with Crippen molar-refractivity contribution >= 4 is 21.6 Å². The first-order valence-corrected chi connectivity index (χ1v) is 9.70. The van der Waals surface area contributed by atoms with Crippen molar-refractivity contribution in [3.05, 3.63) is 47.8 Å². The highest BCUT2D eigenvalue weighted by Crippen LogP contribution is 2.35. The molecule has 2 aromatic carbocycles. The summed E-state index contributed by atoms with van der Waals surface area (Å²) in [5.41, 5.74) is 0.812. The molecule has 0 unspecified atom stereocenters. The van der Waals surface area contributed by atoms with E-state index in [0.29, 0.717) is 17.2 Å². The number of nitrogens with zero attached hydrogens (tertiary/aromatic N) is 1. The summed E-state index contributed by atoms with van der Waals surface area (Å²) in [7, 11) is -3.81.